The topological polar surface area (TPSA) is 67.3 Å². The maximum absolute atomic E-state index is 4.72. The van der Waals surface area contributed by atoms with Gasteiger partial charge in [-0.15, -0.1) is 0 Å². The fourth-order valence-electron chi connectivity index (χ4n) is 4.92. The Labute approximate surface area is 228 Å². The molecule has 39 heavy (non-hydrogen) atoms. The van der Waals surface area contributed by atoms with Crippen LogP contribution in [0.1, 0.15) is 30.9 Å². The predicted octanol–water partition coefficient (Wildman–Crippen LogP) is 8.36. The molecule has 0 aliphatic rings. The van der Waals surface area contributed by atoms with Crippen molar-refractivity contribution in [3.8, 4) is 56.4 Å². The molecule has 0 spiro atoms. The summed E-state index contributed by atoms with van der Waals surface area (Å²) in [6.07, 6.45) is 3.66. The molecule has 5 nitrogen and oxygen atoms in total. The third-order valence-corrected chi connectivity index (χ3v) is 7.01. The van der Waals surface area contributed by atoms with E-state index in [1.165, 1.54) is 33.4 Å². The summed E-state index contributed by atoms with van der Waals surface area (Å²) < 4.78 is 0. The smallest absolute Gasteiger partial charge is 0.200 e. The van der Waals surface area contributed by atoms with Crippen LogP contribution in [0.3, 0.4) is 0 Å². The third-order valence-electron chi connectivity index (χ3n) is 7.01. The van der Waals surface area contributed by atoms with Crippen molar-refractivity contribution in [2.45, 2.75) is 26.7 Å². The lowest BCUT2D eigenvalue weighted by molar-refractivity contribution is 0.867. The monoisotopic (exact) mass is 507 g/mol. The number of hydrogen-bond acceptors (Lipinski definition) is 4. The van der Waals surface area contributed by atoms with Crippen molar-refractivity contribution in [1.82, 2.24) is 25.1 Å². The van der Waals surface area contributed by atoms with Gasteiger partial charge in [0.15, 0.2) is 11.6 Å². The molecule has 0 radical (unpaired) electrons. The van der Waals surface area contributed by atoms with Gasteiger partial charge in [-0.05, 0) is 75.5 Å². The minimum Gasteiger partial charge on any atom is -0.257 e. The Hall–Kier alpha value is -4.90. The van der Waals surface area contributed by atoms with Crippen molar-refractivity contribution < 1.29 is 0 Å². The average molecular weight is 508 g/mol. The highest BCUT2D eigenvalue weighted by atomic mass is 15.2. The standard InChI is InChI=1S/C34H29N5/c1-22(2)25-13-9-14-26(19-25)28-16-10-15-27(24-11-5-4-6-12-24)32(28)29-20-31(36-21-23(29)3)34-37-33(38-39-34)30-17-7-8-18-35-30/h4-22H,1-3H3,(H,37,38,39). The molecule has 0 fully saturated rings. The summed E-state index contributed by atoms with van der Waals surface area (Å²) in [6.45, 7) is 6.57. The number of nitrogens with one attached hydrogen (secondary N) is 1. The molecule has 0 saturated heterocycles. The second-order valence-corrected chi connectivity index (χ2v) is 9.98. The minimum absolute atomic E-state index is 0.444. The van der Waals surface area contributed by atoms with Crippen LogP contribution in [-0.2, 0) is 0 Å². The number of aromatic nitrogens is 5. The number of H-pyrrole nitrogens is 1. The van der Waals surface area contributed by atoms with Crippen LogP contribution in [0.5, 0.6) is 0 Å². The SMILES string of the molecule is Cc1cnc(-c2n[nH]c(-c3ccccn3)n2)cc1-c1c(-c2ccccc2)cccc1-c1cccc(C(C)C)c1. The fourth-order valence-corrected chi connectivity index (χ4v) is 4.92. The summed E-state index contributed by atoms with van der Waals surface area (Å²) in [7, 11) is 0. The molecule has 6 rings (SSSR count). The first-order chi connectivity index (χ1) is 19.1. The number of aromatic amines is 1. The molecule has 0 aliphatic carbocycles. The molecule has 6 aromatic rings. The summed E-state index contributed by atoms with van der Waals surface area (Å²) in [6, 6.07) is 33.8. The van der Waals surface area contributed by atoms with E-state index in [1.807, 2.05) is 24.4 Å². The van der Waals surface area contributed by atoms with Gasteiger partial charge in [0.25, 0.3) is 0 Å². The first-order valence-electron chi connectivity index (χ1n) is 13.2. The highest BCUT2D eigenvalue weighted by Gasteiger charge is 2.19. The Balaban J connectivity index is 1.55. The number of benzene rings is 3. The first-order valence-corrected chi connectivity index (χ1v) is 13.2. The summed E-state index contributed by atoms with van der Waals surface area (Å²) in [5, 5.41) is 7.50. The summed E-state index contributed by atoms with van der Waals surface area (Å²) >= 11 is 0. The number of aryl methyl sites for hydroxylation is 1. The molecular formula is C34H29N5. The second kappa shape index (κ2) is 10.5. The normalized spacial score (nSPS) is 11.2. The van der Waals surface area contributed by atoms with Crippen molar-refractivity contribution in [2.24, 2.45) is 0 Å². The van der Waals surface area contributed by atoms with Crippen LogP contribution in [0.4, 0.5) is 0 Å². The number of hydrogen-bond donors (Lipinski definition) is 1. The van der Waals surface area contributed by atoms with Crippen LogP contribution < -0.4 is 0 Å². The first kappa shape index (κ1) is 24.4. The maximum atomic E-state index is 4.72. The van der Waals surface area contributed by atoms with Crippen molar-refractivity contribution in [3.63, 3.8) is 0 Å². The van der Waals surface area contributed by atoms with E-state index >= 15 is 0 Å². The van der Waals surface area contributed by atoms with E-state index in [4.69, 9.17) is 9.97 Å². The molecular weight excluding hydrogens is 478 g/mol. The van der Waals surface area contributed by atoms with Gasteiger partial charge in [-0.2, -0.15) is 5.10 Å². The van der Waals surface area contributed by atoms with Crippen LogP contribution in [-0.4, -0.2) is 25.1 Å². The van der Waals surface area contributed by atoms with Crippen molar-refractivity contribution in [1.29, 1.82) is 0 Å². The van der Waals surface area contributed by atoms with Crippen LogP contribution in [0, 0.1) is 6.92 Å². The van der Waals surface area contributed by atoms with E-state index in [-0.39, 0.29) is 0 Å². The van der Waals surface area contributed by atoms with Crippen LogP contribution in [0.25, 0.3) is 56.4 Å². The van der Waals surface area contributed by atoms with E-state index in [1.54, 1.807) is 6.20 Å². The van der Waals surface area contributed by atoms with Gasteiger partial charge in [0.1, 0.15) is 11.4 Å². The van der Waals surface area contributed by atoms with Gasteiger partial charge >= 0.3 is 0 Å². The zero-order valence-electron chi connectivity index (χ0n) is 22.3. The fraction of sp³-hybridized carbons (Fsp3) is 0.118. The minimum atomic E-state index is 0.444. The average Bonchev–Trinajstić information content (AvgIpc) is 3.49. The van der Waals surface area contributed by atoms with Crippen molar-refractivity contribution in [3.05, 3.63) is 121 Å². The van der Waals surface area contributed by atoms with Gasteiger partial charge < -0.3 is 0 Å². The zero-order chi connectivity index (χ0) is 26.8. The highest BCUT2D eigenvalue weighted by Crippen LogP contribution is 2.42. The van der Waals surface area contributed by atoms with E-state index in [0.717, 1.165) is 16.8 Å². The van der Waals surface area contributed by atoms with Gasteiger partial charge in [0.2, 0.25) is 0 Å². The molecule has 0 atom stereocenters. The molecule has 3 aromatic heterocycles. The zero-order valence-corrected chi connectivity index (χ0v) is 22.3. The molecule has 1 N–H and O–H groups in total. The molecule has 0 unspecified atom stereocenters. The Morgan fingerprint density at radius 2 is 1.41 bits per heavy atom. The predicted molar refractivity (Wildman–Crippen MR) is 158 cm³/mol. The van der Waals surface area contributed by atoms with Crippen LogP contribution >= 0.6 is 0 Å². The summed E-state index contributed by atoms with van der Waals surface area (Å²) in [5.41, 5.74) is 10.9. The molecule has 3 heterocycles. The third kappa shape index (κ3) is 4.87. The van der Waals surface area contributed by atoms with E-state index in [9.17, 15) is 0 Å². The van der Waals surface area contributed by atoms with E-state index in [2.05, 4.69) is 115 Å². The van der Waals surface area contributed by atoms with Gasteiger partial charge in [0.05, 0.1) is 0 Å². The van der Waals surface area contributed by atoms with Gasteiger partial charge in [-0.25, -0.2) is 4.98 Å². The van der Waals surface area contributed by atoms with Gasteiger partial charge in [-0.3, -0.25) is 15.1 Å². The maximum Gasteiger partial charge on any atom is 0.200 e. The Bertz CT molecular complexity index is 1740. The molecule has 0 aliphatic heterocycles. The number of nitrogens with zero attached hydrogens (tertiary/aromatic N) is 4. The Morgan fingerprint density at radius 3 is 2.18 bits per heavy atom. The molecule has 5 heteroatoms. The molecule has 0 bridgehead atoms. The Morgan fingerprint density at radius 1 is 0.667 bits per heavy atom. The Kier molecular flexibility index (Phi) is 6.55. The van der Waals surface area contributed by atoms with Crippen molar-refractivity contribution >= 4 is 0 Å². The largest absolute Gasteiger partial charge is 0.257 e. The van der Waals surface area contributed by atoms with Gasteiger partial charge in [-0.1, -0.05) is 92.7 Å². The summed E-state index contributed by atoms with van der Waals surface area (Å²) in [4.78, 5) is 13.8. The van der Waals surface area contributed by atoms with Crippen LogP contribution in [0.2, 0.25) is 0 Å². The number of pyridine rings is 2. The lowest BCUT2D eigenvalue weighted by Crippen LogP contribution is -1.96. The van der Waals surface area contributed by atoms with E-state index in [0.29, 0.717) is 23.3 Å². The lowest BCUT2D eigenvalue weighted by Gasteiger charge is -2.19. The highest BCUT2D eigenvalue weighted by molar-refractivity contribution is 5.96. The molecule has 0 saturated carbocycles. The summed E-state index contributed by atoms with van der Waals surface area (Å²) in [5.74, 6) is 1.60. The lowest BCUT2D eigenvalue weighted by atomic mass is 9.85. The molecule has 0 amide bonds. The number of rotatable bonds is 6. The molecule has 190 valence electrons. The quantitative estimate of drug-likeness (QED) is 0.246. The second-order valence-electron chi connectivity index (χ2n) is 9.98. The van der Waals surface area contributed by atoms with Crippen molar-refractivity contribution in [2.75, 3.05) is 0 Å². The van der Waals surface area contributed by atoms with Gasteiger partial charge in [0, 0.05) is 12.4 Å². The molecule has 3 aromatic carbocycles. The van der Waals surface area contributed by atoms with E-state index < -0.39 is 0 Å². The van der Waals surface area contributed by atoms with Crippen LogP contribution in [0.15, 0.2) is 109 Å².